The second-order valence-corrected chi connectivity index (χ2v) is 3.22. The van der Waals surface area contributed by atoms with Gasteiger partial charge in [-0.2, -0.15) is 0 Å². The molecule has 0 saturated heterocycles. The molecule has 0 unspecified atom stereocenters. The summed E-state index contributed by atoms with van der Waals surface area (Å²) in [4.78, 5) is 3.96. The molecule has 0 spiro atoms. The first kappa shape index (κ1) is 10.3. The lowest BCUT2D eigenvalue weighted by molar-refractivity contribution is 0.344. The average molecular weight is 200 g/mol. The average Bonchev–Trinajstić information content (AvgIpc) is 2.15. The number of rotatable bonds is 5. The van der Waals surface area contributed by atoms with E-state index in [2.05, 4.69) is 4.98 Å². The van der Waals surface area contributed by atoms with Crippen LogP contribution < -0.4 is 5.73 Å². The van der Waals surface area contributed by atoms with Crippen LogP contribution >= 0.6 is 12.0 Å². The fraction of sp³-hybridized carbons (Fsp3) is 0.375. The van der Waals surface area contributed by atoms with E-state index in [1.807, 2.05) is 0 Å². The minimum absolute atomic E-state index is 0.163. The van der Waals surface area contributed by atoms with E-state index in [0.717, 1.165) is 5.75 Å². The van der Waals surface area contributed by atoms with Crippen LogP contribution in [0.4, 0.5) is 0 Å². The predicted molar refractivity (Wildman–Crippen MR) is 52.2 cm³/mol. The van der Waals surface area contributed by atoms with Crippen LogP contribution in [0.5, 0.6) is 5.75 Å². The van der Waals surface area contributed by atoms with Crippen molar-refractivity contribution in [1.29, 1.82) is 0 Å². The quantitative estimate of drug-likeness (QED) is 0.546. The van der Waals surface area contributed by atoms with Crippen molar-refractivity contribution in [3.05, 3.63) is 24.0 Å². The standard InChI is InChI=1S/C8H12N2O2S/c9-3-5-13-12-6-7-8(11)2-1-4-10-7/h1-2,4,11H,3,5-6,9H2. The Morgan fingerprint density at radius 1 is 1.62 bits per heavy atom. The van der Waals surface area contributed by atoms with Crippen molar-refractivity contribution in [3.63, 3.8) is 0 Å². The third kappa shape index (κ3) is 3.63. The Bertz CT molecular complexity index is 258. The van der Waals surface area contributed by atoms with Gasteiger partial charge in [0.1, 0.15) is 18.1 Å². The molecular formula is C8H12N2O2S. The molecule has 1 rings (SSSR count). The van der Waals surface area contributed by atoms with Crippen molar-refractivity contribution in [2.45, 2.75) is 6.61 Å². The van der Waals surface area contributed by atoms with Crippen LogP contribution in [-0.4, -0.2) is 22.4 Å². The van der Waals surface area contributed by atoms with Gasteiger partial charge in [-0.15, -0.1) is 0 Å². The molecule has 0 aliphatic carbocycles. The summed E-state index contributed by atoms with van der Waals surface area (Å²) in [6.45, 7) is 0.885. The number of hydrogen-bond donors (Lipinski definition) is 2. The van der Waals surface area contributed by atoms with E-state index in [0.29, 0.717) is 18.8 Å². The number of nitrogens with two attached hydrogens (primary N) is 1. The van der Waals surface area contributed by atoms with Gasteiger partial charge in [0.05, 0.1) is 0 Å². The minimum atomic E-state index is 0.163. The largest absolute Gasteiger partial charge is 0.506 e. The smallest absolute Gasteiger partial charge is 0.139 e. The fourth-order valence-electron chi connectivity index (χ4n) is 0.745. The van der Waals surface area contributed by atoms with E-state index < -0.39 is 0 Å². The van der Waals surface area contributed by atoms with Gasteiger partial charge in [-0.1, -0.05) is 0 Å². The zero-order valence-corrected chi connectivity index (χ0v) is 7.96. The highest BCUT2D eigenvalue weighted by Crippen LogP contribution is 2.15. The molecule has 0 bridgehead atoms. The second kappa shape index (κ2) is 5.80. The Balaban J connectivity index is 2.32. The van der Waals surface area contributed by atoms with Crippen molar-refractivity contribution in [2.75, 3.05) is 12.3 Å². The summed E-state index contributed by atoms with van der Waals surface area (Å²) in [6, 6.07) is 3.26. The number of pyridine rings is 1. The van der Waals surface area contributed by atoms with Crippen molar-refractivity contribution in [3.8, 4) is 5.75 Å². The fourth-order valence-corrected chi connectivity index (χ4v) is 1.15. The first-order valence-corrected chi connectivity index (χ1v) is 4.83. The molecule has 0 aromatic carbocycles. The summed E-state index contributed by atoms with van der Waals surface area (Å²) >= 11 is 1.28. The van der Waals surface area contributed by atoms with Gasteiger partial charge in [0.25, 0.3) is 0 Å². The van der Waals surface area contributed by atoms with Gasteiger partial charge in [-0.25, -0.2) is 0 Å². The lowest BCUT2D eigenvalue weighted by atomic mass is 10.3. The number of nitrogens with zero attached hydrogens (tertiary/aromatic N) is 1. The summed E-state index contributed by atoms with van der Waals surface area (Å²) in [7, 11) is 0. The predicted octanol–water partition coefficient (Wildman–Crippen LogP) is 0.911. The van der Waals surface area contributed by atoms with Crippen molar-refractivity contribution in [2.24, 2.45) is 5.73 Å². The first-order valence-electron chi connectivity index (χ1n) is 3.92. The van der Waals surface area contributed by atoms with Crippen LogP contribution in [0.25, 0.3) is 0 Å². The molecule has 0 saturated carbocycles. The molecule has 13 heavy (non-hydrogen) atoms. The lowest BCUT2D eigenvalue weighted by Gasteiger charge is -2.02. The van der Waals surface area contributed by atoms with Crippen molar-refractivity contribution < 1.29 is 9.29 Å². The topological polar surface area (TPSA) is 68.4 Å². The molecule has 5 heteroatoms. The number of aromatic hydroxyl groups is 1. The summed E-state index contributed by atoms with van der Waals surface area (Å²) in [5.74, 6) is 0.906. The zero-order chi connectivity index (χ0) is 9.52. The van der Waals surface area contributed by atoms with Crippen LogP contribution in [0.2, 0.25) is 0 Å². The molecule has 0 aliphatic heterocycles. The highest BCUT2D eigenvalue weighted by molar-refractivity contribution is 7.94. The molecule has 72 valence electrons. The van der Waals surface area contributed by atoms with E-state index in [4.69, 9.17) is 9.92 Å². The first-order chi connectivity index (χ1) is 6.34. The number of hydrogen-bond acceptors (Lipinski definition) is 5. The molecule has 0 aliphatic rings. The van der Waals surface area contributed by atoms with Gasteiger partial charge in [0.2, 0.25) is 0 Å². The molecule has 0 amide bonds. The van der Waals surface area contributed by atoms with Gasteiger partial charge < -0.3 is 15.0 Å². The normalized spacial score (nSPS) is 10.2. The molecular weight excluding hydrogens is 188 g/mol. The maximum atomic E-state index is 9.29. The van der Waals surface area contributed by atoms with Crippen LogP contribution in [0.1, 0.15) is 5.69 Å². The van der Waals surface area contributed by atoms with Gasteiger partial charge in [-0.05, 0) is 24.2 Å². The molecule has 0 fully saturated rings. The molecule has 0 radical (unpaired) electrons. The van der Waals surface area contributed by atoms with Gasteiger partial charge >= 0.3 is 0 Å². The maximum absolute atomic E-state index is 9.29. The molecule has 1 heterocycles. The Morgan fingerprint density at radius 3 is 3.15 bits per heavy atom. The SMILES string of the molecule is NCCSOCc1ncccc1O. The Labute approximate surface area is 81.3 Å². The van der Waals surface area contributed by atoms with E-state index in [1.165, 1.54) is 12.0 Å². The summed E-state index contributed by atoms with van der Waals surface area (Å²) in [6.07, 6.45) is 1.62. The van der Waals surface area contributed by atoms with Crippen LogP contribution in [-0.2, 0) is 10.8 Å². The summed E-state index contributed by atoms with van der Waals surface area (Å²) < 4.78 is 5.16. The Morgan fingerprint density at radius 2 is 2.46 bits per heavy atom. The van der Waals surface area contributed by atoms with Crippen LogP contribution in [0.15, 0.2) is 18.3 Å². The monoisotopic (exact) mass is 200 g/mol. The van der Waals surface area contributed by atoms with Gasteiger partial charge in [-0.3, -0.25) is 4.98 Å². The molecule has 0 atom stereocenters. The Hall–Kier alpha value is -0.780. The highest BCUT2D eigenvalue weighted by atomic mass is 32.2. The summed E-state index contributed by atoms with van der Waals surface area (Å²) in [5.41, 5.74) is 5.82. The van der Waals surface area contributed by atoms with E-state index >= 15 is 0 Å². The highest BCUT2D eigenvalue weighted by Gasteiger charge is 2.00. The molecule has 4 nitrogen and oxygen atoms in total. The van der Waals surface area contributed by atoms with Crippen molar-refractivity contribution in [1.82, 2.24) is 4.98 Å². The number of aromatic nitrogens is 1. The van der Waals surface area contributed by atoms with Crippen LogP contribution in [0, 0.1) is 0 Å². The van der Waals surface area contributed by atoms with Gasteiger partial charge in [0, 0.05) is 18.5 Å². The summed E-state index contributed by atoms with van der Waals surface area (Å²) in [5, 5.41) is 9.29. The minimum Gasteiger partial charge on any atom is -0.506 e. The third-order valence-corrected chi connectivity index (χ3v) is 2.03. The van der Waals surface area contributed by atoms with Crippen molar-refractivity contribution >= 4 is 12.0 Å². The van der Waals surface area contributed by atoms with Gasteiger partial charge in [0.15, 0.2) is 0 Å². The third-order valence-electron chi connectivity index (χ3n) is 1.35. The Kier molecular flexibility index (Phi) is 4.59. The zero-order valence-electron chi connectivity index (χ0n) is 7.14. The molecule has 1 aromatic rings. The second-order valence-electron chi connectivity index (χ2n) is 2.34. The lowest BCUT2D eigenvalue weighted by Crippen LogP contribution is -2.02. The van der Waals surface area contributed by atoms with E-state index in [9.17, 15) is 5.11 Å². The molecule has 1 aromatic heterocycles. The van der Waals surface area contributed by atoms with E-state index in [-0.39, 0.29) is 5.75 Å². The maximum Gasteiger partial charge on any atom is 0.139 e. The van der Waals surface area contributed by atoms with E-state index in [1.54, 1.807) is 18.3 Å². The van der Waals surface area contributed by atoms with Crippen LogP contribution in [0.3, 0.4) is 0 Å². The molecule has 3 N–H and O–H groups in total.